The second-order valence-corrected chi connectivity index (χ2v) is 7.00. The highest BCUT2D eigenvalue weighted by Gasteiger charge is 2.12. The van der Waals surface area contributed by atoms with Crippen LogP contribution in [0.4, 0.5) is 11.4 Å². The maximum atomic E-state index is 11.9. The number of halogens is 2. The molecule has 0 aliphatic rings. The van der Waals surface area contributed by atoms with Gasteiger partial charge in [-0.25, -0.2) is 13.6 Å². The first kappa shape index (κ1) is 17.6. The monoisotopic (exact) mass is 373 g/mol. The van der Waals surface area contributed by atoms with E-state index >= 15 is 0 Å². The van der Waals surface area contributed by atoms with Crippen LogP contribution in [0.5, 0.6) is 0 Å². The quantitative estimate of drug-likeness (QED) is 0.749. The van der Waals surface area contributed by atoms with Crippen LogP contribution in [0.25, 0.3) is 0 Å². The summed E-state index contributed by atoms with van der Waals surface area (Å²) in [6.07, 6.45) is 0. The number of carbonyl (C=O) groups excluding carboxylic acids is 1. The van der Waals surface area contributed by atoms with Crippen LogP contribution in [0, 0.1) is 0 Å². The van der Waals surface area contributed by atoms with E-state index in [1.807, 2.05) is 0 Å². The molecule has 0 aromatic heterocycles. The SMILES string of the molecule is NS(=O)(=O)c1ccc(NC(=O)CNc2ccc(Cl)cc2)c(Cl)c1. The van der Waals surface area contributed by atoms with Crippen molar-refractivity contribution >= 4 is 50.5 Å². The Hall–Kier alpha value is -1.80. The Morgan fingerprint density at radius 2 is 1.74 bits per heavy atom. The van der Waals surface area contributed by atoms with Gasteiger partial charge in [0, 0.05) is 10.7 Å². The molecule has 0 fully saturated rings. The number of nitrogens with two attached hydrogens (primary N) is 1. The van der Waals surface area contributed by atoms with Gasteiger partial charge in [0.25, 0.3) is 0 Å². The number of primary sulfonamides is 1. The smallest absolute Gasteiger partial charge is 0.243 e. The molecule has 23 heavy (non-hydrogen) atoms. The Bertz CT molecular complexity index is 824. The van der Waals surface area contributed by atoms with E-state index in [9.17, 15) is 13.2 Å². The van der Waals surface area contributed by atoms with Crippen LogP contribution in [0.1, 0.15) is 0 Å². The van der Waals surface area contributed by atoms with Gasteiger partial charge in [0.1, 0.15) is 0 Å². The van der Waals surface area contributed by atoms with Crippen molar-refractivity contribution in [2.75, 3.05) is 17.2 Å². The lowest BCUT2D eigenvalue weighted by Gasteiger charge is -2.10. The number of hydrogen-bond acceptors (Lipinski definition) is 4. The molecule has 0 aliphatic heterocycles. The van der Waals surface area contributed by atoms with Crippen molar-refractivity contribution in [2.45, 2.75) is 4.90 Å². The third kappa shape index (κ3) is 5.11. The molecule has 2 rings (SSSR count). The molecule has 4 N–H and O–H groups in total. The first-order valence-corrected chi connectivity index (χ1v) is 8.67. The predicted molar refractivity (Wildman–Crippen MR) is 91.4 cm³/mol. The van der Waals surface area contributed by atoms with Gasteiger partial charge in [0.15, 0.2) is 0 Å². The van der Waals surface area contributed by atoms with Gasteiger partial charge < -0.3 is 10.6 Å². The van der Waals surface area contributed by atoms with Gasteiger partial charge >= 0.3 is 0 Å². The molecule has 0 heterocycles. The Morgan fingerprint density at radius 1 is 1.09 bits per heavy atom. The van der Waals surface area contributed by atoms with E-state index in [2.05, 4.69) is 10.6 Å². The molecule has 6 nitrogen and oxygen atoms in total. The summed E-state index contributed by atoms with van der Waals surface area (Å²) in [4.78, 5) is 11.8. The van der Waals surface area contributed by atoms with E-state index < -0.39 is 10.0 Å². The minimum absolute atomic E-state index is 0.00883. The molecule has 9 heteroatoms. The molecular formula is C14H13Cl2N3O3S. The zero-order valence-electron chi connectivity index (χ0n) is 11.7. The molecule has 2 aromatic carbocycles. The van der Waals surface area contributed by atoms with E-state index in [0.29, 0.717) is 10.7 Å². The molecule has 1 amide bonds. The maximum Gasteiger partial charge on any atom is 0.243 e. The van der Waals surface area contributed by atoms with Gasteiger partial charge in [-0.3, -0.25) is 4.79 Å². The number of anilines is 2. The van der Waals surface area contributed by atoms with Gasteiger partial charge in [-0.2, -0.15) is 0 Å². The number of hydrogen-bond donors (Lipinski definition) is 3. The molecule has 0 aliphatic carbocycles. The largest absolute Gasteiger partial charge is 0.376 e. The number of sulfonamides is 1. The van der Waals surface area contributed by atoms with Crippen LogP contribution in [0.2, 0.25) is 10.0 Å². The second kappa shape index (κ2) is 7.18. The van der Waals surface area contributed by atoms with E-state index in [1.165, 1.54) is 18.2 Å². The van der Waals surface area contributed by atoms with Crippen LogP contribution in [-0.4, -0.2) is 20.9 Å². The molecule has 0 radical (unpaired) electrons. The lowest BCUT2D eigenvalue weighted by molar-refractivity contribution is -0.114. The van der Waals surface area contributed by atoms with E-state index in [1.54, 1.807) is 24.3 Å². The van der Waals surface area contributed by atoms with Gasteiger partial charge in [-0.1, -0.05) is 23.2 Å². The highest BCUT2D eigenvalue weighted by Crippen LogP contribution is 2.24. The van der Waals surface area contributed by atoms with E-state index in [4.69, 9.17) is 28.3 Å². The molecule has 0 saturated heterocycles. The third-order valence-corrected chi connectivity index (χ3v) is 4.32. The van der Waals surface area contributed by atoms with Crippen LogP contribution in [-0.2, 0) is 14.8 Å². The molecule has 0 bridgehead atoms. The minimum Gasteiger partial charge on any atom is -0.376 e. The van der Waals surface area contributed by atoms with Crippen molar-refractivity contribution < 1.29 is 13.2 Å². The number of rotatable bonds is 5. The summed E-state index contributed by atoms with van der Waals surface area (Å²) < 4.78 is 22.4. The topological polar surface area (TPSA) is 101 Å². The van der Waals surface area contributed by atoms with E-state index in [0.717, 1.165) is 5.69 Å². The zero-order chi connectivity index (χ0) is 17.0. The molecule has 2 aromatic rings. The summed E-state index contributed by atoms with van der Waals surface area (Å²) in [5, 5.41) is 11.2. The Labute approximate surface area is 143 Å². The number of carbonyl (C=O) groups is 1. The van der Waals surface area contributed by atoms with Crippen molar-refractivity contribution in [1.29, 1.82) is 0 Å². The minimum atomic E-state index is -3.84. The highest BCUT2D eigenvalue weighted by atomic mass is 35.5. The first-order chi connectivity index (χ1) is 10.8. The Balaban J connectivity index is 1.99. The number of amides is 1. The van der Waals surface area contributed by atoms with E-state index in [-0.39, 0.29) is 22.4 Å². The van der Waals surface area contributed by atoms with Crippen molar-refractivity contribution in [3.63, 3.8) is 0 Å². The third-order valence-electron chi connectivity index (χ3n) is 2.84. The summed E-state index contributed by atoms with van der Waals surface area (Å²) in [6, 6.07) is 10.7. The molecule has 0 spiro atoms. The highest BCUT2D eigenvalue weighted by molar-refractivity contribution is 7.89. The van der Waals surface area contributed by atoms with Gasteiger partial charge in [0.05, 0.1) is 22.2 Å². The normalized spacial score (nSPS) is 11.1. The first-order valence-electron chi connectivity index (χ1n) is 6.37. The van der Waals surface area contributed by atoms with Crippen LogP contribution >= 0.6 is 23.2 Å². The number of nitrogens with one attached hydrogen (secondary N) is 2. The van der Waals surface area contributed by atoms with Gasteiger partial charge in [-0.05, 0) is 42.5 Å². The Kier molecular flexibility index (Phi) is 5.48. The molecular weight excluding hydrogens is 361 g/mol. The lowest BCUT2D eigenvalue weighted by atomic mass is 10.3. The maximum absolute atomic E-state index is 11.9. The van der Waals surface area contributed by atoms with Crippen LogP contribution < -0.4 is 15.8 Å². The van der Waals surface area contributed by atoms with Crippen molar-refractivity contribution in [1.82, 2.24) is 0 Å². The van der Waals surface area contributed by atoms with Crippen LogP contribution in [0.3, 0.4) is 0 Å². The Morgan fingerprint density at radius 3 is 2.30 bits per heavy atom. The average Bonchev–Trinajstić information content (AvgIpc) is 2.48. The zero-order valence-corrected chi connectivity index (χ0v) is 14.0. The average molecular weight is 374 g/mol. The molecule has 122 valence electrons. The number of benzene rings is 2. The van der Waals surface area contributed by atoms with Crippen molar-refractivity contribution in [3.8, 4) is 0 Å². The summed E-state index contributed by atoms with van der Waals surface area (Å²) in [5.41, 5.74) is 1.03. The summed E-state index contributed by atoms with van der Waals surface area (Å²) in [7, 11) is -3.84. The summed E-state index contributed by atoms with van der Waals surface area (Å²) >= 11 is 11.7. The fraction of sp³-hybridized carbons (Fsp3) is 0.0714. The van der Waals surface area contributed by atoms with Crippen LogP contribution in [0.15, 0.2) is 47.4 Å². The fourth-order valence-corrected chi connectivity index (χ4v) is 2.68. The fourth-order valence-electron chi connectivity index (χ4n) is 1.72. The molecule has 0 atom stereocenters. The van der Waals surface area contributed by atoms with Gasteiger partial charge in [-0.15, -0.1) is 0 Å². The second-order valence-electron chi connectivity index (χ2n) is 4.60. The van der Waals surface area contributed by atoms with Crippen molar-refractivity contribution in [3.05, 3.63) is 52.5 Å². The summed E-state index contributed by atoms with van der Waals surface area (Å²) in [6.45, 7) is 0.00883. The van der Waals surface area contributed by atoms with Gasteiger partial charge in [0.2, 0.25) is 15.9 Å². The summed E-state index contributed by atoms with van der Waals surface area (Å²) in [5.74, 6) is -0.342. The molecule has 0 saturated carbocycles. The van der Waals surface area contributed by atoms with Crippen molar-refractivity contribution in [2.24, 2.45) is 5.14 Å². The predicted octanol–water partition coefficient (Wildman–Crippen LogP) is 2.69. The molecule has 0 unspecified atom stereocenters. The standard InChI is InChI=1S/C14H13Cl2N3O3S/c15-9-1-3-10(4-2-9)18-8-14(20)19-13-6-5-11(7-12(13)16)23(17,21)22/h1-7,18H,8H2,(H,19,20)(H2,17,21,22). The lowest BCUT2D eigenvalue weighted by Crippen LogP contribution is -2.22.